The lowest BCUT2D eigenvalue weighted by Crippen LogP contribution is -2.05. The summed E-state index contributed by atoms with van der Waals surface area (Å²) in [4.78, 5) is 11.9. The zero-order valence-corrected chi connectivity index (χ0v) is 11.5. The maximum atomic E-state index is 11.9. The van der Waals surface area contributed by atoms with Gasteiger partial charge in [-0.1, -0.05) is 18.2 Å². The van der Waals surface area contributed by atoms with Crippen LogP contribution >= 0.6 is 0 Å². The number of hydrogen-bond donors (Lipinski definition) is 0. The lowest BCUT2D eigenvalue weighted by Gasteiger charge is -2.07. The van der Waals surface area contributed by atoms with Crippen LogP contribution in [0.1, 0.15) is 15.9 Å². The van der Waals surface area contributed by atoms with Gasteiger partial charge in [0.15, 0.2) is 0 Å². The number of benzene rings is 2. The third kappa shape index (κ3) is 3.51. The van der Waals surface area contributed by atoms with Crippen molar-refractivity contribution in [1.29, 1.82) is 0 Å². The first kappa shape index (κ1) is 13.9. The summed E-state index contributed by atoms with van der Waals surface area (Å²) in [5.41, 5.74) is 1.37. The molecule has 2 rings (SSSR count). The maximum absolute atomic E-state index is 11.9. The quantitative estimate of drug-likeness (QED) is 0.785. The molecular formula is C16H16O4. The highest BCUT2D eigenvalue weighted by molar-refractivity contribution is 5.89. The Kier molecular flexibility index (Phi) is 4.60. The van der Waals surface area contributed by atoms with E-state index >= 15 is 0 Å². The molecule has 0 aliphatic carbocycles. The van der Waals surface area contributed by atoms with E-state index in [2.05, 4.69) is 0 Å². The van der Waals surface area contributed by atoms with Crippen LogP contribution in [-0.4, -0.2) is 20.2 Å². The van der Waals surface area contributed by atoms with E-state index in [9.17, 15) is 4.79 Å². The van der Waals surface area contributed by atoms with Gasteiger partial charge in [-0.3, -0.25) is 0 Å². The predicted octanol–water partition coefficient (Wildman–Crippen LogP) is 3.06. The number of esters is 1. The van der Waals surface area contributed by atoms with Crippen molar-refractivity contribution < 1.29 is 19.0 Å². The van der Waals surface area contributed by atoms with Gasteiger partial charge in [0.2, 0.25) is 0 Å². The summed E-state index contributed by atoms with van der Waals surface area (Å²) in [6.07, 6.45) is 0. The number of hydrogen-bond acceptors (Lipinski definition) is 4. The summed E-state index contributed by atoms with van der Waals surface area (Å²) < 4.78 is 15.4. The summed E-state index contributed by atoms with van der Waals surface area (Å²) in [6, 6.07) is 14.2. The van der Waals surface area contributed by atoms with E-state index < -0.39 is 0 Å². The average molecular weight is 272 g/mol. The number of carbonyl (C=O) groups excluding carboxylic acids is 1. The highest BCUT2D eigenvalue weighted by atomic mass is 16.5. The molecule has 104 valence electrons. The van der Waals surface area contributed by atoms with Gasteiger partial charge in [0.25, 0.3) is 0 Å². The Hall–Kier alpha value is -2.49. The number of carbonyl (C=O) groups is 1. The second kappa shape index (κ2) is 6.61. The van der Waals surface area contributed by atoms with Gasteiger partial charge in [0, 0.05) is 0 Å². The highest BCUT2D eigenvalue weighted by Crippen LogP contribution is 2.15. The van der Waals surface area contributed by atoms with Crippen molar-refractivity contribution in [2.24, 2.45) is 0 Å². The van der Waals surface area contributed by atoms with Crippen LogP contribution in [0.4, 0.5) is 0 Å². The van der Waals surface area contributed by atoms with Crippen LogP contribution in [0.5, 0.6) is 11.5 Å². The van der Waals surface area contributed by atoms with Crippen LogP contribution in [0.15, 0.2) is 48.5 Å². The Balaban J connectivity index is 1.97. The lowest BCUT2D eigenvalue weighted by molar-refractivity contribution is 0.0472. The molecule has 4 nitrogen and oxygen atoms in total. The zero-order chi connectivity index (χ0) is 14.4. The van der Waals surface area contributed by atoms with Gasteiger partial charge in [-0.25, -0.2) is 4.79 Å². The first-order valence-corrected chi connectivity index (χ1v) is 6.17. The molecular weight excluding hydrogens is 256 g/mol. The summed E-state index contributed by atoms with van der Waals surface area (Å²) in [5.74, 6) is 1.02. The molecule has 0 spiro atoms. The maximum Gasteiger partial charge on any atom is 0.338 e. The Labute approximate surface area is 117 Å². The van der Waals surface area contributed by atoms with Gasteiger partial charge in [0.05, 0.1) is 19.8 Å². The molecule has 0 N–H and O–H groups in total. The second-order valence-electron chi connectivity index (χ2n) is 4.16. The Morgan fingerprint density at radius 2 is 1.65 bits per heavy atom. The van der Waals surface area contributed by atoms with Gasteiger partial charge in [-0.2, -0.15) is 0 Å². The summed E-state index contributed by atoms with van der Waals surface area (Å²) in [6.45, 7) is 0.222. The topological polar surface area (TPSA) is 44.8 Å². The van der Waals surface area contributed by atoms with Crippen molar-refractivity contribution in [3.63, 3.8) is 0 Å². The minimum atomic E-state index is -0.375. The van der Waals surface area contributed by atoms with Crippen LogP contribution in [0.3, 0.4) is 0 Å². The first-order valence-electron chi connectivity index (χ1n) is 6.17. The molecule has 2 aromatic carbocycles. The van der Waals surface area contributed by atoms with Gasteiger partial charge in [-0.15, -0.1) is 0 Å². The average Bonchev–Trinajstić information content (AvgIpc) is 2.53. The Bertz CT molecular complexity index is 575. The molecule has 0 bridgehead atoms. The molecule has 0 radical (unpaired) electrons. The molecule has 20 heavy (non-hydrogen) atoms. The van der Waals surface area contributed by atoms with Crippen molar-refractivity contribution in [2.45, 2.75) is 6.61 Å². The van der Waals surface area contributed by atoms with Crippen LogP contribution in [0, 0.1) is 0 Å². The van der Waals surface area contributed by atoms with Gasteiger partial charge < -0.3 is 14.2 Å². The molecule has 0 saturated heterocycles. The molecule has 4 heteroatoms. The van der Waals surface area contributed by atoms with Crippen LogP contribution in [0.25, 0.3) is 0 Å². The smallest absolute Gasteiger partial charge is 0.338 e. The fraction of sp³-hybridized carbons (Fsp3) is 0.188. The minimum absolute atomic E-state index is 0.222. The van der Waals surface area contributed by atoms with E-state index in [1.54, 1.807) is 38.5 Å². The number of rotatable bonds is 5. The highest BCUT2D eigenvalue weighted by Gasteiger charge is 2.08. The third-order valence-electron chi connectivity index (χ3n) is 2.83. The second-order valence-corrected chi connectivity index (χ2v) is 4.16. The summed E-state index contributed by atoms with van der Waals surface area (Å²) >= 11 is 0. The minimum Gasteiger partial charge on any atom is -0.497 e. The molecule has 0 unspecified atom stereocenters. The molecule has 0 saturated carbocycles. The van der Waals surface area contributed by atoms with Crippen molar-refractivity contribution in [3.05, 3.63) is 59.7 Å². The first-order chi connectivity index (χ1) is 9.72. The fourth-order valence-corrected chi connectivity index (χ4v) is 1.70. The van der Waals surface area contributed by atoms with Crippen molar-refractivity contribution >= 4 is 5.97 Å². The van der Waals surface area contributed by atoms with Gasteiger partial charge >= 0.3 is 5.97 Å². The monoisotopic (exact) mass is 272 g/mol. The van der Waals surface area contributed by atoms with Crippen LogP contribution in [0.2, 0.25) is 0 Å². The third-order valence-corrected chi connectivity index (χ3v) is 2.83. The van der Waals surface area contributed by atoms with Crippen LogP contribution < -0.4 is 9.47 Å². The molecule has 0 heterocycles. The Morgan fingerprint density at radius 1 is 0.950 bits per heavy atom. The van der Waals surface area contributed by atoms with E-state index in [1.165, 1.54) is 0 Å². The SMILES string of the molecule is COc1ccc(COC(=O)c2cccc(OC)c2)cc1. The van der Waals surface area contributed by atoms with E-state index in [-0.39, 0.29) is 12.6 Å². The predicted molar refractivity (Wildman–Crippen MR) is 75.1 cm³/mol. The molecule has 0 aromatic heterocycles. The Morgan fingerprint density at radius 3 is 2.30 bits per heavy atom. The number of ether oxygens (including phenoxy) is 3. The van der Waals surface area contributed by atoms with E-state index in [0.29, 0.717) is 11.3 Å². The lowest BCUT2D eigenvalue weighted by atomic mass is 10.2. The van der Waals surface area contributed by atoms with Crippen molar-refractivity contribution in [3.8, 4) is 11.5 Å². The zero-order valence-electron chi connectivity index (χ0n) is 11.5. The summed E-state index contributed by atoms with van der Waals surface area (Å²) in [5, 5.41) is 0. The normalized spacial score (nSPS) is 9.90. The molecule has 2 aromatic rings. The summed E-state index contributed by atoms with van der Waals surface area (Å²) in [7, 11) is 3.17. The molecule has 0 fully saturated rings. The standard InChI is InChI=1S/C16H16O4/c1-18-14-8-6-12(7-9-14)11-20-16(17)13-4-3-5-15(10-13)19-2/h3-10H,11H2,1-2H3. The van der Waals surface area contributed by atoms with Gasteiger partial charge in [0.1, 0.15) is 18.1 Å². The van der Waals surface area contributed by atoms with E-state index in [1.807, 2.05) is 24.3 Å². The molecule has 0 aliphatic rings. The van der Waals surface area contributed by atoms with Crippen LogP contribution in [-0.2, 0) is 11.3 Å². The van der Waals surface area contributed by atoms with Crippen molar-refractivity contribution in [1.82, 2.24) is 0 Å². The van der Waals surface area contributed by atoms with E-state index in [0.717, 1.165) is 11.3 Å². The largest absolute Gasteiger partial charge is 0.497 e. The molecule has 0 aliphatic heterocycles. The number of methoxy groups -OCH3 is 2. The molecule has 0 atom stereocenters. The fourth-order valence-electron chi connectivity index (χ4n) is 1.70. The molecule has 0 amide bonds. The van der Waals surface area contributed by atoms with E-state index in [4.69, 9.17) is 14.2 Å². The van der Waals surface area contributed by atoms with Crippen molar-refractivity contribution in [2.75, 3.05) is 14.2 Å². The van der Waals surface area contributed by atoms with Gasteiger partial charge in [-0.05, 0) is 35.9 Å².